The third-order valence-electron chi connectivity index (χ3n) is 4.22. The minimum Gasteiger partial charge on any atom is -0.497 e. The molecule has 0 radical (unpaired) electrons. The average molecular weight is 328 g/mol. The van der Waals surface area contributed by atoms with Gasteiger partial charge in [-0.05, 0) is 24.1 Å². The highest BCUT2D eigenvalue weighted by Crippen LogP contribution is 2.15. The maximum atomic E-state index is 5.28. The summed E-state index contributed by atoms with van der Waals surface area (Å²) in [6, 6.07) is 8.06. The van der Waals surface area contributed by atoms with Gasteiger partial charge in [-0.1, -0.05) is 12.1 Å². The van der Waals surface area contributed by atoms with Crippen LogP contribution in [0.3, 0.4) is 0 Å². The van der Waals surface area contributed by atoms with Crippen molar-refractivity contribution in [3.63, 3.8) is 0 Å². The van der Waals surface area contributed by atoms with Crippen molar-refractivity contribution in [3.05, 3.63) is 41.5 Å². The van der Waals surface area contributed by atoms with Crippen LogP contribution in [0.25, 0.3) is 0 Å². The molecule has 0 fully saturated rings. The minimum absolute atomic E-state index is 0.627. The van der Waals surface area contributed by atoms with Gasteiger partial charge >= 0.3 is 0 Å². The second-order valence-electron chi connectivity index (χ2n) is 5.90. The number of fused-ring (bicyclic) bond motifs is 1. The molecule has 0 bridgehead atoms. The molecule has 1 aliphatic heterocycles. The molecule has 1 N–H and O–H groups in total. The summed E-state index contributed by atoms with van der Waals surface area (Å²) in [5.41, 5.74) is 1.17. The lowest BCUT2D eigenvalue weighted by Crippen LogP contribution is -2.38. The molecule has 1 aromatic carbocycles. The second-order valence-corrected chi connectivity index (χ2v) is 5.90. The van der Waals surface area contributed by atoms with Gasteiger partial charge in [0, 0.05) is 33.6 Å². The molecule has 3 rings (SSSR count). The van der Waals surface area contributed by atoms with E-state index < -0.39 is 0 Å². The van der Waals surface area contributed by atoms with Crippen LogP contribution < -0.4 is 10.1 Å². The topological polar surface area (TPSA) is 67.6 Å². The second kappa shape index (κ2) is 7.33. The molecule has 2 heterocycles. The summed E-state index contributed by atoms with van der Waals surface area (Å²) in [7, 11) is 5.49. The highest BCUT2D eigenvalue weighted by molar-refractivity contribution is 5.79. The molecule has 0 aliphatic carbocycles. The molecule has 0 amide bonds. The molecule has 7 nitrogen and oxygen atoms in total. The van der Waals surface area contributed by atoms with Gasteiger partial charge in [0.05, 0.1) is 13.7 Å². The van der Waals surface area contributed by atoms with E-state index in [0.29, 0.717) is 6.54 Å². The minimum atomic E-state index is 0.627. The van der Waals surface area contributed by atoms with Gasteiger partial charge in [-0.2, -0.15) is 0 Å². The molecule has 7 heteroatoms. The Morgan fingerprint density at radius 1 is 1.42 bits per heavy atom. The van der Waals surface area contributed by atoms with E-state index in [1.165, 1.54) is 5.56 Å². The fourth-order valence-electron chi connectivity index (χ4n) is 3.00. The van der Waals surface area contributed by atoms with Gasteiger partial charge in [-0.3, -0.25) is 4.99 Å². The number of benzene rings is 1. The molecule has 2 aromatic rings. The molecule has 0 saturated carbocycles. The van der Waals surface area contributed by atoms with Crippen molar-refractivity contribution in [1.82, 2.24) is 25.0 Å². The number of rotatable bonds is 5. The predicted molar refractivity (Wildman–Crippen MR) is 93.0 cm³/mol. The molecule has 0 unspecified atom stereocenters. The van der Waals surface area contributed by atoms with E-state index in [-0.39, 0.29) is 0 Å². The maximum absolute atomic E-state index is 5.28. The quantitative estimate of drug-likeness (QED) is 0.664. The molecule has 1 aliphatic rings. The lowest BCUT2D eigenvalue weighted by molar-refractivity contribution is 0.412. The van der Waals surface area contributed by atoms with Crippen LogP contribution in [0.2, 0.25) is 0 Å². The normalized spacial score (nSPS) is 13.7. The number of guanidine groups is 1. The van der Waals surface area contributed by atoms with Gasteiger partial charge in [-0.15, -0.1) is 10.2 Å². The van der Waals surface area contributed by atoms with Crippen LogP contribution in [-0.2, 0) is 26.1 Å². The Morgan fingerprint density at radius 3 is 3.08 bits per heavy atom. The third-order valence-corrected chi connectivity index (χ3v) is 4.22. The number of nitrogens with zero attached hydrogens (tertiary/aromatic N) is 5. The summed E-state index contributed by atoms with van der Waals surface area (Å²) in [5.74, 6) is 3.75. The highest BCUT2D eigenvalue weighted by Gasteiger charge is 2.17. The monoisotopic (exact) mass is 328 g/mol. The van der Waals surface area contributed by atoms with E-state index in [0.717, 1.165) is 49.3 Å². The first-order valence-corrected chi connectivity index (χ1v) is 8.17. The van der Waals surface area contributed by atoms with Crippen LogP contribution in [0.4, 0.5) is 0 Å². The zero-order valence-corrected chi connectivity index (χ0v) is 14.5. The smallest absolute Gasteiger partial charge is 0.194 e. The first-order chi connectivity index (χ1) is 11.7. The van der Waals surface area contributed by atoms with E-state index in [2.05, 4.69) is 36.0 Å². The number of aryl methyl sites for hydroxylation is 1. The molecular formula is C17H24N6O. The van der Waals surface area contributed by atoms with Crippen molar-refractivity contribution in [2.45, 2.75) is 32.5 Å². The van der Waals surface area contributed by atoms with Gasteiger partial charge in [-0.25, -0.2) is 0 Å². The summed E-state index contributed by atoms with van der Waals surface area (Å²) < 4.78 is 7.48. The maximum Gasteiger partial charge on any atom is 0.194 e. The highest BCUT2D eigenvalue weighted by atomic mass is 16.5. The van der Waals surface area contributed by atoms with Crippen molar-refractivity contribution in [3.8, 4) is 5.75 Å². The Balaban J connectivity index is 1.60. The van der Waals surface area contributed by atoms with E-state index in [1.54, 1.807) is 14.2 Å². The zero-order chi connectivity index (χ0) is 16.9. The Bertz CT molecular complexity index is 724. The number of aliphatic imine (C=N–C) groups is 1. The van der Waals surface area contributed by atoms with Crippen molar-refractivity contribution in [2.24, 2.45) is 4.99 Å². The largest absolute Gasteiger partial charge is 0.497 e. The van der Waals surface area contributed by atoms with Gasteiger partial charge in [0.1, 0.15) is 11.6 Å². The molecule has 128 valence electrons. The van der Waals surface area contributed by atoms with Crippen molar-refractivity contribution in [1.29, 1.82) is 0 Å². The third kappa shape index (κ3) is 3.50. The molecule has 0 saturated heterocycles. The van der Waals surface area contributed by atoms with Crippen molar-refractivity contribution >= 4 is 5.96 Å². The summed E-state index contributed by atoms with van der Waals surface area (Å²) in [5, 5.41) is 11.9. The first kappa shape index (κ1) is 16.3. The number of hydrogen-bond acceptors (Lipinski definition) is 4. The van der Waals surface area contributed by atoms with Crippen molar-refractivity contribution < 1.29 is 4.74 Å². The van der Waals surface area contributed by atoms with Gasteiger partial charge in [0.25, 0.3) is 0 Å². The summed E-state index contributed by atoms with van der Waals surface area (Å²) in [6.07, 6.45) is 2.18. The Morgan fingerprint density at radius 2 is 2.29 bits per heavy atom. The molecule has 24 heavy (non-hydrogen) atoms. The Hall–Kier alpha value is -2.57. The van der Waals surface area contributed by atoms with E-state index in [9.17, 15) is 0 Å². The molecular weight excluding hydrogens is 304 g/mol. The number of ether oxygens (including phenoxy) is 1. The zero-order valence-electron chi connectivity index (χ0n) is 14.5. The standard InChI is InChI=1S/C17H24N6O/c1-18-17(19-11-16-21-20-15-8-5-9-23(15)16)22(2)12-13-6-4-7-14(10-13)24-3/h4,6-7,10H,5,8-9,11-12H2,1-3H3,(H,18,19). The number of aromatic nitrogens is 3. The molecule has 0 atom stereocenters. The Kier molecular flexibility index (Phi) is 4.98. The number of hydrogen-bond donors (Lipinski definition) is 1. The number of nitrogens with one attached hydrogen (secondary N) is 1. The molecule has 0 spiro atoms. The fraction of sp³-hybridized carbons (Fsp3) is 0.471. The predicted octanol–water partition coefficient (Wildman–Crippen LogP) is 1.44. The average Bonchev–Trinajstić information content (AvgIpc) is 3.20. The Labute approximate surface area is 142 Å². The SMILES string of the molecule is CN=C(NCc1nnc2n1CCC2)N(C)Cc1cccc(OC)c1. The summed E-state index contributed by atoms with van der Waals surface area (Å²) in [4.78, 5) is 6.44. The lowest BCUT2D eigenvalue weighted by Gasteiger charge is -2.22. The van der Waals surface area contributed by atoms with Crippen molar-refractivity contribution in [2.75, 3.05) is 21.2 Å². The van der Waals surface area contributed by atoms with Gasteiger partial charge in [0.15, 0.2) is 11.8 Å². The van der Waals surface area contributed by atoms with E-state index in [1.807, 2.05) is 25.2 Å². The molecule has 1 aromatic heterocycles. The first-order valence-electron chi connectivity index (χ1n) is 8.17. The van der Waals surface area contributed by atoms with Crippen LogP contribution in [0.5, 0.6) is 5.75 Å². The van der Waals surface area contributed by atoms with E-state index >= 15 is 0 Å². The van der Waals surface area contributed by atoms with Crippen LogP contribution in [0.15, 0.2) is 29.3 Å². The van der Waals surface area contributed by atoms with Gasteiger partial charge in [0.2, 0.25) is 0 Å². The summed E-state index contributed by atoms with van der Waals surface area (Å²) in [6.45, 7) is 2.38. The fourth-order valence-corrected chi connectivity index (χ4v) is 3.00. The van der Waals surface area contributed by atoms with Gasteiger partial charge < -0.3 is 19.5 Å². The number of methoxy groups -OCH3 is 1. The lowest BCUT2D eigenvalue weighted by atomic mass is 10.2. The van der Waals surface area contributed by atoms with Crippen LogP contribution >= 0.6 is 0 Å². The van der Waals surface area contributed by atoms with Crippen LogP contribution in [-0.4, -0.2) is 46.8 Å². The van der Waals surface area contributed by atoms with Crippen LogP contribution in [0.1, 0.15) is 23.6 Å². The van der Waals surface area contributed by atoms with E-state index in [4.69, 9.17) is 4.74 Å². The summed E-state index contributed by atoms with van der Waals surface area (Å²) >= 11 is 0. The van der Waals surface area contributed by atoms with Crippen LogP contribution in [0, 0.1) is 0 Å².